The average molecular weight is 197 g/mol. The minimum atomic E-state index is 0.0691. The highest BCUT2D eigenvalue weighted by molar-refractivity contribution is 5.94. The van der Waals surface area contributed by atoms with Crippen molar-refractivity contribution in [3.8, 4) is 0 Å². The van der Waals surface area contributed by atoms with Gasteiger partial charge in [-0.3, -0.25) is 9.59 Å². The summed E-state index contributed by atoms with van der Waals surface area (Å²) in [6.07, 6.45) is 1.64. The highest BCUT2D eigenvalue weighted by Crippen LogP contribution is 2.08. The average Bonchev–Trinajstić information content (AvgIpc) is 2.10. The number of Topliss-reactive ketones (excluding diaryl/α,β-unsaturated/α-hetero) is 1. The molecule has 0 spiro atoms. The lowest BCUT2D eigenvalue weighted by molar-refractivity contribution is -0.121. The monoisotopic (exact) mass is 197 g/mol. The van der Waals surface area contributed by atoms with Crippen LogP contribution in [0.5, 0.6) is 0 Å². The molecule has 0 saturated carbocycles. The van der Waals surface area contributed by atoms with Crippen molar-refractivity contribution in [3.63, 3.8) is 0 Å². The highest BCUT2D eigenvalue weighted by Gasteiger charge is 2.11. The van der Waals surface area contributed by atoms with Gasteiger partial charge in [-0.05, 0) is 12.3 Å². The molecule has 0 saturated heterocycles. The molecule has 0 aliphatic carbocycles. The van der Waals surface area contributed by atoms with Crippen molar-refractivity contribution >= 4 is 17.9 Å². The third-order valence-corrected chi connectivity index (χ3v) is 2.16. The van der Waals surface area contributed by atoms with E-state index in [2.05, 4.69) is 4.99 Å². The van der Waals surface area contributed by atoms with Gasteiger partial charge in [-0.15, -0.1) is 0 Å². The first-order valence-electron chi connectivity index (χ1n) is 5.02. The standard InChI is InChI=1S/C11H19NO2/c1-8(2)10(12-7-13)5-6-11(14)9(3)4/h7-9H,5-6H2,1-4H3. The Kier molecular flexibility index (Phi) is 6.00. The van der Waals surface area contributed by atoms with E-state index in [4.69, 9.17) is 0 Å². The third kappa shape index (κ3) is 4.90. The van der Waals surface area contributed by atoms with Crippen LogP contribution in [-0.2, 0) is 9.59 Å². The number of carbonyl (C=O) groups excluding carboxylic acids is 2. The largest absolute Gasteiger partial charge is 0.299 e. The molecular weight excluding hydrogens is 178 g/mol. The Morgan fingerprint density at radius 3 is 2.07 bits per heavy atom. The lowest BCUT2D eigenvalue weighted by atomic mass is 9.98. The molecule has 0 aliphatic heterocycles. The van der Waals surface area contributed by atoms with Gasteiger partial charge in [-0.2, -0.15) is 0 Å². The summed E-state index contributed by atoms with van der Waals surface area (Å²) < 4.78 is 0. The molecule has 0 radical (unpaired) electrons. The van der Waals surface area contributed by atoms with Crippen molar-refractivity contribution < 1.29 is 9.59 Å². The zero-order chi connectivity index (χ0) is 11.1. The number of amides is 1. The molecule has 0 bridgehead atoms. The fraction of sp³-hybridized carbons (Fsp3) is 0.727. The maximum absolute atomic E-state index is 11.3. The minimum absolute atomic E-state index is 0.0691. The predicted octanol–water partition coefficient (Wildman–Crippen LogP) is 2.25. The molecule has 0 N–H and O–H groups in total. The molecule has 0 aromatic heterocycles. The van der Waals surface area contributed by atoms with E-state index in [9.17, 15) is 9.59 Å². The molecule has 3 nitrogen and oxygen atoms in total. The Balaban J connectivity index is 4.14. The zero-order valence-electron chi connectivity index (χ0n) is 9.41. The van der Waals surface area contributed by atoms with Crippen LogP contribution in [0.4, 0.5) is 0 Å². The smallest absolute Gasteiger partial charge is 0.232 e. The summed E-state index contributed by atoms with van der Waals surface area (Å²) in [6, 6.07) is 0. The number of hydrogen-bond acceptors (Lipinski definition) is 2. The quantitative estimate of drug-likeness (QED) is 0.484. The first-order valence-corrected chi connectivity index (χ1v) is 5.02. The van der Waals surface area contributed by atoms with Crippen LogP contribution in [0.15, 0.2) is 4.99 Å². The van der Waals surface area contributed by atoms with E-state index in [-0.39, 0.29) is 17.6 Å². The Labute approximate surface area is 85.6 Å². The summed E-state index contributed by atoms with van der Waals surface area (Å²) in [5, 5.41) is 0. The van der Waals surface area contributed by atoms with E-state index < -0.39 is 0 Å². The molecule has 80 valence electrons. The van der Waals surface area contributed by atoms with E-state index in [1.165, 1.54) is 0 Å². The number of nitrogens with zero attached hydrogens (tertiary/aromatic N) is 1. The van der Waals surface area contributed by atoms with Gasteiger partial charge in [0.15, 0.2) is 0 Å². The van der Waals surface area contributed by atoms with E-state index in [0.29, 0.717) is 19.3 Å². The van der Waals surface area contributed by atoms with Crippen molar-refractivity contribution in [3.05, 3.63) is 0 Å². The summed E-state index contributed by atoms with van der Waals surface area (Å²) in [5.41, 5.74) is 0.814. The van der Waals surface area contributed by atoms with Crippen LogP contribution in [0.2, 0.25) is 0 Å². The Morgan fingerprint density at radius 2 is 1.71 bits per heavy atom. The molecule has 3 heteroatoms. The van der Waals surface area contributed by atoms with Crippen LogP contribution in [0, 0.1) is 11.8 Å². The van der Waals surface area contributed by atoms with Gasteiger partial charge in [0, 0.05) is 18.1 Å². The minimum Gasteiger partial charge on any atom is -0.299 e. The van der Waals surface area contributed by atoms with Crippen LogP contribution in [-0.4, -0.2) is 17.9 Å². The van der Waals surface area contributed by atoms with Crippen LogP contribution in [0.1, 0.15) is 40.5 Å². The predicted molar refractivity (Wildman–Crippen MR) is 57.4 cm³/mol. The van der Waals surface area contributed by atoms with Crippen LogP contribution in [0.3, 0.4) is 0 Å². The summed E-state index contributed by atoms with van der Waals surface area (Å²) in [7, 11) is 0. The number of aliphatic imine (C=N–C) groups is 1. The van der Waals surface area contributed by atoms with Crippen molar-refractivity contribution in [1.29, 1.82) is 0 Å². The zero-order valence-corrected chi connectivity index (χ0v) is 9.41. The van der Waals surface area contributed by atoms with Gasteiger partial charge < -0.3 is 0 Å². The molecule has 0 aromatic carbocycles. The van der Waals surface area contributed by atoms with E-state index in [1.807, 2.05) is 27.7 Å². The first kappa shape index (κ1) is 13.0. The van der Waals surface area contributed by atoms with Gasteiger partial charge in [-0.25, -0.2) is 4.99 Å². The van der Waals surface area contributed by atoms with E-state index in [1.54, 1.807) is 0 Å². The molecular formula is C11H19NO2. The van der Waals surface area contributed by atoms with E-state index >= 15 is 0 Å². The number of carbonyl (C=O) groups is 2. The second kappa shape index (κ2) is 6.46. The SMILES string of the molecule is CC(C)C(=O)CCC(=NC=O)C(C)C. The summed E-state index contributed by atoms with van der Waals surface area (Å²) in [4.78, 5) is 25.3. The summed E-state index contributed by atoms with van der Waals surface area (Å²) in [5.74, 6) is 0.532. The number of hydrogen-bond donors (Lipinski definition) is 0. The molecule has 0 fully saturated rings. The van der Waals surface area contributed by atoms with Crippen molar-refractivity contribution in [1.82, 2.24) is 0 Å². The second-order valence-corrected chi connectivity index (χ2v) is 4.00. The van der Waals surface area contributed by atoms with Crippen molar-refractivity contribution in [2.24, 2.45) is 16.8 Å². The fourth-order valence-electron chi connectivity index (χ4n) is 1.11. The van der Waals surface area contributed by atoms with Crippen LogP contribution < -0.4 is 0 Å². The molecule has 0 atom stereocenters. The highest BCUT2D eigenvalue weighted by atomic mass is 16.1. The molecule has 0 heterocycles. The van der Waals surface area contributed by atoms with Crippen molar-refractivity contribution in [2.75, 3.05) is 0 Å². The number of ketones is 1. The van der Waals surface area contributed by atoms with Gasteiger partial charge >= 0.3 is 0 Å². The van der Waals surface area contributed by atoms with Crippen molar-refractivity contribution in [2.45, 2.75) is 40.5 Å². The summed E-state index contributed by atoms with van der Waals surface area (Å²) >= 11 is 0. The van der Waals surface area contributed by atoms with Gasteiger partial charge in [0.1, 0.15) is 5.78 Å². The van der Waals surface area contributed by atoms with E-state index in [0.717, 1.165) is 5.71 Å². The van der Waals surface area contributed by atoms with Gasteiger partial charge in [0.25, 0.3) is 0 Å². The third-order valence-electron chi connectivity index (χ3n) is 2.16. The molecule has 0 unspecified atom stereocenters. The molecule has 14 heavy (non-hydrogen) atoms. The molecule has 0 aromatic rings. The normalized spacial score (nSPS) is 12.3. The van der Waals surface area contributed by atoms with Crippen LogP contribution in [0.25, 0.3) is 0 Å². The van der Waals surface area contributed by atoms with Crippen LogP contribution >= 0.6 is 0 Å². The maximum atomic E-state index is 11.3. The van der Waals surface area contributed by atoms with Gasteiger partial charge in [0.2, 0.25) is 6.41 Å². The topological polar surface area (TPSA) is 46.5 Å². The van der Waals surface area contributed by atoms with Gasteiger partial charge in [-0.1, -0.05) is 27.7 Å². The summed E-state index contributed by atoms with van der Waals surface area (Å²) in [6.45, 7) is 7.72. The second-order valence-electron chi connectivity index (χ2n) is 4.00. The number of rotatable bonds is 6. The molecule has 0 aliphatic rings. The Bertz CT molecular complexity index is 229. The lowest BCUT2D eigenvalue weighted by Gasteiger charge is -2.09. The maximum Gasteiger partial charge on any atom is 0.232 e. The Morgan fingerprint density at radius 1 is 1.14 bits per heavy atom. The Hall–Kier alpha value is -0.990. The first-order chi connectivity index (χ1) is 6.49. The molecule has 0 rings (SSSR count). The molecule has 1 amide bonds. The van der Waals surface area contributed by atoms with Gasteiger partial charge in [0.05, 0.1) is 0 Å². The fourth-order valence-corrected chi connectivity index (χ4v) is 1.11. The lowest BCUT2D eigenvalue weighted by Crippen LogP contribution is -2.13.